The topological polar surface area (TPSA) is 60.9 Å². The van der Waals surface area contributed by atoms with Gasteiger partial charge in [0.15, 0.2) is 0 Å². The number of nitrogens with zero attached hydrogens (tertiary/aromatic N) is 3. The summed E-state index contributed by atoms with van der Waals surface area (Å²) < 4.78 is 0. The lowest BCUT2D eigenvalue weighted by Crippen LogP contribution is -2.36. The van der Waals surface area contributed by atoms with Gasteiger partial charge in [-0.1, -0.05) is 373 Å². The summed E-state index contributed by atoms with van der Waals surface area (Å²) >= 11 is 0. The molecule has 0 amide bonds. The van der Waals surface area contributed by atoms with E-state index in [1.807, 2.05) is 0 Å². The molecule has 9 aliphatic carbocycles. The van der Waals surface area contributed by atoms with Crippen molar-refractivity contribution in [2.24, 2.45) is 117 Å². The van der Waals surface area contributed by atoms with Crippen LogP contribution in [-0.2, 0) is 14.4 Å². The molecule has 0 heterocycles. The molecule has 0 aromatic carbocycles. The minimum absolute atomic E-state index is 0. The Morgan fingerprint density at radius 3 is 0.942 bits per heavy atom. The third kappa shape index (κ3) is 43.0. The van der Waals surface area contributed by atoms with E-state index in [2.05, 4.69) is 259 Å². The molecule has 0 aliphatic heterocycles. The van der Waals surface area contributed by atoms with Crippen LogP contribution in [0.15, 0.2) is 155 Å². The van der Waals surface area contributed by atoms with Crippen molar-refractivity contribution >= 4 is 17.3 Å². The van der Waals surface area contributed by atoms with Gasteiger partial charge in [0.25, 0.3) is 0 Å². The van der Waals surface area contributed by atoms with Gasteiger partial charge >= 0.3 is 0 Å². The van der Waals surface area contributed by atoms with Crippen LogP contribution in [0, 0.1) is 117 Å². The maximum atomic E-state index is 13.2. The van der Waals surface area contributed by atoms with Crippen LogP contribution in [0.2, 0.25) is 0 Å². The molecule has 137 heavy (non-hydrogen) atoms. The zero-order valence-corrected chi connectivity index (χ0v) is 91.8. The summed E-state index contributed by atoms with van der Waals surface area (Å²) in [5.41, 5.74) is 14.2. The van der Waals surface area contributed by atoms with Crippen LogP contribution in [0.3, 0.4) is 0 Å². The van der Waals surface area contributed by atoms with Crippen LogP contribution in [0.1, 0.15) is 479 Å². The lowest BCUT2D eigenvalue weighted by molar-refractivity contribution is -0.124. The fourth-order valence-corrected chi connectivity index (χ4v) is 26.5. The zero-order chi connectivity index (χ0) is 97.6. The third-order valence-electron chi connectivity index (χ3n) is 36.2. The second kappa shape index (κ2) is 67.2. The predicted octanol–water partition coefficient (Wildman–Crippen LogP) is 38.4. The van der Waals surface area contributed by atoms with Gasteiger partial charge in [0, 0.05) is 37.0 Å². The Morgan fingerprint density at radius 2 is 0.628 bits per heavy atom. The minimum atomic E-state index is 0. The van der Waals surface area contributed by atoms with Crippen LogP contribution >= 0.6 is 0 Å². The van der Waals surface area contributed by atoms with E-state index in [0.717, 1.165) is 145 Å². The molecule has 3 unspecified atom stereocenters. The van der Waals surface area contributed by atoms with Gasteiger partial charge in [0.1, 0.15) is 17.3 Å². The first-order chi connectivity index (χ1) is 64.2. The van der Waals surface area contributed by atoms with E-state index in [1.165, 1.54) is 303 Å². The normalized spacial score (nSPS) is 28.2. The molecule has 0 saturated heterocycles. The number of hydrogen-bond acceptors (Lipinski definition) is 6. The molecule has 0 bridgehead atoms. The van der Waals surface area contributed by atoms with Crippen molar-refractivity contribution in [2.75, 3.05) is 61.9 Å². The molecule has 0 aromatic heterocycles. The van der Waals surface area contributed by atoms with Crippen LogP contribution < -0.4 is 0 Å². The molecule has 17 atom stereocenters. The number of carbonyl (C=O) groups excluding carboxylic acids is 3. The summed E-state index contributed by atoms with van der Waals surface area (Å²) in [5.74, 6) is 12.4. The Balaban J connectivity index is 0.000000426. The first-order valence-corrected chi connectivity index (χ1v) is 57.6. The van der Waals surface area contributed by atoms with E-state index in [9.17, 15) is 14.4 Å². The van der Waals surface area contributed by atoms with Crippen molar-refractivity contribution in [1.29, 1.82) is 0 Å². The molecule has 6 heteroatoms. The molecule has 9 fully saturated rings. The Bertz CT molecular complexity index is 3770. The smallest absolute Gasteiger partial charge is 0.136 e. The van der Waals surface area contributed by atoms with Gasteiger partial charge in [-0.3, -0.25) is 14.4 Å². The molecule has 0 spiro atoms. The molecule has 9 saturated carbocycles. The largest absolute Gasteiger partial charge is 0.309 e. The minimum Gasteiger partial charge on any atom is -0.309 e. The number of Topliss-reactive ketones (excluding diaryl/α,β-unsaturated/α-hetero) is 3. The van der Waals surface area contributed by atoms with Gasteiger partial charge in [-0.2, -0.15) is 0 Å². The number of carbonyl (C=O) groups is 3. The van der Waals surface area contributed by atoms with Gasteiger partial charge < -0.3 is 14.7 Å². The molecular weight excluding hydrogens is 1660 g/mol. The lowest BCUT2D eigenvalue weighted by Gasteiger charge is -2.44. The number of fused-ring (bicyclic) bond motifs is 3. The van der Waals surface area contributed by atoms with Crippen molar-refractivity contribution in [3.63, 3.8) is 0 Å². The molecule has 6 nitrogen and oxygen atoms in total. The van der Waals surface area contributed by atoms with Gasteiger partial charge in [0.05, 0.1) is 0 Å². The number of ketones is 3. The number of unbranched alkanes of at least 4 members (excludes halogenated alkanes) is 21. The molecule has 784 valence electrons. The average molecular weight is 1890 g/mol. The third-order valence-corrected chi connectivity index (χ3v) is 36.2. The van der Waals surface area contributed by atoms with Crippen molar-refractivity contribution in [3.8, 4) is 0 Å². The predicted molar refractivity (Wildman–Crippen MR) is 608 cm³/mol. The summed E-state index contributed by atoms with van der Waals surface area (Å²) in [4.78, 5) is 46.4. The molecule has 0 N–H and O–H groups in total. The summed E-state index contributed by atoms with van der Waals surface area (Å²) in [6.45, 7) is 51.0. The first-order valence-electron chi connectivity index (χ1n) is 57.6. The highest BCUT2D eigenvalue weighted by Crippen LogP contribution is 2.63. The Kier molecular flexibility index (Phi) is 61.3. The molecule has 0 radical (unpaired) electrons. The number of rotatable bonds is 56. The average Bonchev–Trinajstić information content (AvgIpc) is 1.62. The van der Waals surface area contributed by atoms with E-state index in [1.54, 1.807) is 16.7 Å². The van der Waals surface area contributed by atoms with Crippen molar-refractivity contribution in [3.05, 3.63) is 155 Å². The van der Waals surface area contributed by atoms with Gasteiger partial charge in [-0.25, -0.2) is 0 Å². The maximum Gasteiger partial charge on any atom is 0.136 e. The summed E-state index contributed by atoms with van der Waals surface area (Å²) in [5, 5.41) is 0. The molecule has 9 rings (SSSR count). The molecular formula is C131H227N3O3. The maximum absolute atomic E-state index is 13.2. The summed E-state index contributed by atoms with van der Waals surface area (Å²) in [7, 11) is 12.9. The van der Waals surface area contributed by atoms with E-state index in [-0.39, 0.29) is 40.0 Å². The van der Waals surface area contributed by atoms with Crippen LogP contribution in [-0.4, -0.2) is 94.0 Å². The highest BCUT2D eigenvalue weighted by Gasteiger charge is 2.53. The van der Waals surface area contributed by atoms with E-state index >= 15 is 0 Å². The quantitative estimate of drug-likeness (QED) is 0.0447. The summed E-state index contributed by atoms with van der Waals surface area (Å²) in [6, 6.07) is 0. The highest BCUT2D eigenvalue weighted by molar-refractivity contribution is 5.83. The van der Waals surface area contributed by atoms with E-state index < -0.39 is 0 Å². The van der Waals surface area contributed by atoms with Crippen LogP contribution in [0.4, 0.5) is 0 Å². The SMILES string of the molecule is C.C.C.C=C1CC[C@H](C(=O)CCCCCC/C=C/C/C=C\CCCCCN(C)C)C/C1=C\C=C1/CCC[C@@]2(C)C1CC[C@@H]2[C@H](C)/C=C/[C@H](C)C(C)C.C=C1CC[C@H](C(=O)CCCCCCCCCCN(C)C)C/C1=C\C=C1/CCC[C@@]2(C)C1CC[C@@H]2[C@H](C)/C=C/[C@H](C)C(C)C.C=C1CC[C@H](C(=O)CCCCCCCCCCN(C)C)C/C1=C\C=C1/CCC[C@@]2(C)C1CC[C@@H]2[C@H](C)CCCC(C)C. The van der Waals surface area contributed by atoms with Crippen molar-refractivity contribution < 1.29 is 14.4 Å². The van der Waals surface area contributed by atoms with Gasteiger partial charge in [0.2, 0.25) is 0 Å². The van der Waals surface area contributed by atoms with Gasteiger partial charge in [-0.15, -0.1) is 0 Å². The fraction of sp³-hybridized carbons (Fsp3) is 0.779. The Labute approximate surface area is 853 Å². The van der Waals surface area contributed by atoms with Crippen molar-refractivity contribution in [1.82, 2.24) is 14.7 Å². The fourth-order valence-electron chi connectivity index (χ4n) is 26.5. The standard InChI is InChI=1S/C47H77NO.C41H69NO.C40H69NO.3CH4/c1-37(2)38(3)26-27-40(5)44-32-33-45-41(24-23-34-47(44,45)6)30-31-42-36-43(29-28-39(42)4)46(49)25-21-19-17-15-13-11-9-10-12-14-16-18-20-22-35-48(7)8;1-31(2)32(3)20-21-34(5)38-26-27-39-35(18-17-28-41(38,39)6)24-25-36-30-37(23-22-33(36)4)40(43)19-15-13-11-9-10-12-14-16-29-42(7)8;1-31(2)18-16-19-33(4)37-26-27-38-34(20-17-28-40(37,38)5)24-25-35-30-36(23-22-32(35)3)39(42)21-14-12-10-8-9-11-13-15-29-41(6)7;;;/h9,11-12,14,26-27,30-31,37-38,40,43-45H,4,10,13,15-25,28-29,32-36H2,1-3,5-8H3;20-21,24-25,31-32,34,37-39H,4,9-19,22-23,26-30H2,1-3,5-8H3;24-25,31,33,36-38H,3,8-23,26-30H2,1-2,4-7H3;3*1H4/b11-9+,14-12-,27-26+,41-30+,42-31+;21-20+,35-24+,36-25+;34-24+,35-25+;;;/t38-,40+,43-,44+,45?,47+;32-,34+,37-,38+,39?,41+;33-,36+,37-,38?,40-;;;/m001.../s1. The first kappa shape index (κ1) is 125. The second-order valence-corrected chi connectivity index (χ2v) is 48.7. The molecule has 0 aromatic rings. The monoisotopic (exact) mass is 1890 g/mol. The Hall–Kier alpha value is -4.49. The van der Waals surface area contributed by atoms with Gasteiger partial charge in [-0.05, 0) is 402 Å². The summed E-state index contributed by atoms with van der Waals surface area (Å²) in [6.07, 6.45) is 102. The second-order valence-electron chi connectivity index (χ2n) is 48.7. The Morgan fingerprint density at radius 1 is 0.336 bits per heavy atom. The zero-order valence-electron chi connectivity index (χ0n) is 91.8. The lowest BCUT2D eigenvalue weighted by atomic mass is 9.60. The van der Waals surface area contributed by atoms with Crippen LogP contribution in [0.5, 0.6) is 0 Å². The number of hydrogen-bond donors (Lipinski definition) is 0. The van der Waals surface area contributed by atoms with E-state index in [0.29, 0.717) is 80.9 Å². The number of allylic oxidation sites excluding steroid dienone is 23. The van der Waals surface area contributed by atoms with E-state index in [4.69, 9.17) is 0 Å². The van der Waals surface area contributed by atoms with Crippen molar-refractivity contribution in [2.45, 2.75) is 479 Å². The highest BCUT2D eigenvalue weighted by atomic mass is 16.1. The molecule has 9 aliphatic rings. The van der Waals surface area contributed by atoms with Crippen LogP contribution in [0.25, 0.3) is 0 Å².